The first-order chi connectivity index (χ1) is 12.9. The molecule has 27 heavy (non-hydrogen) atoms. The van der Waals surface area contributed by atoms with Crippen LogP contribution in [0.15, 0.2) is 66.3 Å². The smallest absolute Gasteiger partial charge is 0.410 e. The zero-order chi connectivity index (χ0) is 19.6. The average Bonchev–Trinajstić information content (AvgIpc) is 2.66. The molecule has 2 heterocycles. The third-order valence-electron chi connectivity index (χ3n) is 4.25. The molecule has 0 fully saturated rings. The third-order valence-corrected chi connectivity index (χ3v) is 4.25. The lowest BCUT2D eigenvalue weighted by Crippen LogP contribution is -2.45. The number of nitrogens with two attached hydrogens (primary N) is 2. The van der Waals surface area contributed by atoms with Crippen LogP contribution in [0.4, 0.5) is 15.0 Å². The van der Waals surface area contributed by atoms with E-state index < -0.39 is 18.0 Å². The van der Waals surface area contributed by atoms with Crippen molar-refractivity contribution in [1.82, 2.24) is 9.88 Å². The summed E-state index contributed by atoms with van der Waals surface area (Å²) < 4.78 is 18.8. The number of aromatic nitrogens is 1. The van der Waals surface area contributed by atoms with Crippen molar-refractivity contribution in [3.8, 4) is 5.75 Å². The second-order valence-corrected chi connectivity index (χ2v) is 6.08. The third kappa shape index (κ3) is 3.75. The van der Waals surface area contributed by atoms with Crippen molar-refractivity contribution in [1.29, 1.82) is 0 Å². The quantitative estimate of drug-likeness (QED) is 0.638. The van der Waals surface area contributed by atoms with Crippen LogP contribution < -0.4 is 21.3 Å². The van der Waals surface area contributed by atoms with Gasteiger partial charge >= 0.3 is 6.09 Å². The van der Waals surface area contributed by atoms with Gasteiger partial charge in [0, 0.05) is 6.20 Å². The molecule has 1 aromatic carbocycles. The van der Waals surface area contributed by atoms with Crippen molar-refractivity contribution in [2.24, 2.45) is 11.6 Å². The summed E-state index contributed by atoms with van der Waals surface area (Å²) in [6, 6.07) is 9.77. The van der Waals surface area contributed by atoms with Crippen LogP contribution in [-0.2, 0) is 0 Å². The fraction of sp³-hybridized carbons (Fsp3) is 0.158. The molecule has 1 unspecified atom stereocenters. The molecule has 1 aliphatic rings. The highest BCUT2D eigenvalue weighted by atomic mass is 19.1. The van der Waals surface area contributed by atoms with Crippen LogP contribution in [0, 0.1) is 12.7 Å². The molecule has 0 saturated carbocycles. The van der Waals surface area contributed by atoms with Crippen LogP contribution in [0.3, 0.4) is 0 Å². The minimum Gasteiger partial charge on any atom is -0.410 e. The van der Waals surface area contributed by atoms with Gasteiger partial charge in [0.2, 0.25) is 0 Å². The standard InChI is InChI=1S/C19H20FN5O2/c1-12-10-17(23-11-15(12)20)25(22)16-8-9-24(13(2)18(16)21)19(26)27-14-6-4-3-5-7-14/h3-11,13H,21-22H2,1-2H3. The number of amides is 1. The van der Waals surface area contributed by atoms with Gasteiger partial charge in [-0.05, 0) is 43.7 Å². The molecular formula is C19H20FN5O2. The summed E-state index contributed by atoms with van der Waals surface area (Å²) in [5, 5.41) is 1.26. The fourth-order valence-electron chi connectivity index (χ4n) is 2.60. The van der Waals surface area contributed by atoms with Gasteiger partial charge in [-0.1, -0.05) is 18.2 Å². The fourth-order valence-corrected chi connectivity index (χ4v) is 2.60. The number of hydrazine groups is 1. The zero-order valence-corrected chi connectivity index (χ0v) is 15.0. The van der Waals surface area contributed by atoms with Gasteiger partial charge < -0.3 is 10.5 Å². The largest absolute Gasteiger partial charge is 0.419 e. The number of benzene rings is 1. The summed E-state index contributed by atoms with van der Waals surface area (Å²) in [5.41, 5.74) is 7.44. The molecule has 0 bridgehead atoms. The first-order valence-electron chi connectivity index (χ1n) is 8.28. The van der Waals surface area contributed by atoms with E-state index in [1.54, 1.807) is 44.2 Å². The highest BCUT2D eigenvalue weighted by Gasteiger charge is 2.28. The first-order valence-corrected chi connectivity index (χ1v) is 8.28. The molecule has 1 amide bonds. The molecule has 4 N–H and O–H groups in total. The molecule has 1 aliphatic heterocycles. The Hall–Kier alpha value is -3.39. The average molecular weight is 369 g/mol. The van der Waals surface area contributed by atoms with Gasteiger partial charge in [0.15, 0.2) is 0 Å². The molecule has 140 valence electrons. The number of nitrogens with zero attached hydrogens (tertiary/aromatic N) is 3. The van der Waals surface area contributed by atoms with E-state index in [-0.39, 0.29) is 0 Å². The van der Waals surface area contributed by atoms with Gasteiger partial charge in [0.05, 0.1) is 23.6 Å². The van der Waals surface area contributed by atoms with Gasteiger partial charge in [0.25, 0.3) is 0 Å². The van der Waals surface area contributed by atoms with Crippen LogP contribution in [0.25, 0.3) is 0 Å². The van der Waals surface area contributed by atoms with Crippen molar-refractivity contribution < 1.29 is 13.9 Å². The van der Waals surface area contributed by atoms with E-state index in [0.29, 0.717) is 28.5 Å². The summed E-state index contributed by atoms with van der Waals surface area (Å²) >= 11 is 0. The number of halogens is 1. The molecule has 0 saturated heterocycles. The molecule has 8 heteroatoms. The second-order valence-electron chi connectivity index (χ2n) is 6.08. The van der Waals surface area contributed by atoms with Crippen LogP contribution in [-0.4, -0.2) is 22.0 Å². The number of ether oxygens (including phenoxy) is 1. The number of carbonyl (C=O) groups is 1. The lowest BCUT2D eigenvalue weighted by Gasteiger charge is -2.32. The van der Waals surface area contributed by atoms with E-state index in [0.717, 1.165) is 6.20 Å². The Morgan fingerprint density at radius 3 is 2.70 bits per heavy atom. The molecule has 0 spiro atoms. The lowest BCUT2D eigenvalue weighted by atomic mass is 10.1. The predicted octanol–water partition coefficient (Wildman–Crippen LogP) is 2.80. The van der Waals surface area contributed by atoms with Crippen molar-refractivity contribution in [2.75, 3.05) is 5.01 Å². The molecule has 7 nitrogen and oxygen atoms in total. The number of hydrogen-bond donors (Lipinski definition) is 2. The minimum absolute atomic E-state index is 0.337. The van der Waals surface area contributed by atoms with E-state index in [2.05, 4.69) is 4.98 Å². The summed E-state index contributed by atoms with van der Waals surface area (Å²) in [5.74, 6) is 6.46. The number of allylic oxidation sites excluding steroid dienone is 1. The molecule has 1 atom stereocenters. The van der Waals surface area contributed by atoms with Crippen LogP contribution in [0.1, 0.15) is 12.5 Å². The maximum Gasteiger partial charge on any atom is 0.419 e. The highest BCUT2D eigenvalue weighted by molar-refractivity contribution is 5.73. The van der Waals surface area contributed by atoms with Crippen LogP contribution >= 0.6 is 0 Å². The number of hydrogen-bond acceptors (Lipinski definition) is 6. The zero-order valence-electron chi connectivity index (χ0n) is 15.0. The van der Waals surface area contributed by atoms with E-state index in [9.17, 15) is 9.18 Å². The summed E-state index contributed by atoms with van der Waals surface area (Å²) in [4.78, 5) is 17.8. The highest BCUT2D eigenvalue weighted by Crippen LogP contribution is 2.24. The van der Waals surface area contributed by atoms with Gasteiger partial charge in [-0.3, -0.25) is 9.91 Å². The first kappa shape index (κ1) is 18.4. The summed E-state index contributed by atoms with van der Waals surface area (Å²) in [7, 11) is 0. The van der Waals surface area contributed by atoms with Crippen molar-refractivity contribution in [3.05, 3.63) is 77.6 Å². The Balaban J connectivity index is 1.79. The molecule has 0 aliphatic carbocycles. The molecule has 2 aromatic rings. The SMILES string of the molecule is Cc1cc(N(N)C2=C(N)C(C)N(C(=O)Oc3ccccc3)C=C2)ncc1F. The maximum atomic E-state index is 13.4. The summed E-state index contributed by atoms with van der Waals surface area (Å²) in [6.07, 6.45) is 3.66. The van der Waals surface area contributed by atoms with E-state index in [4.69, 9.17) is 16.3 Å². The number of aryl methyl sites for hydroxylation is 1. The Morgan fingerprint density at radius 1 is 1.33 bits per heavy atom. The van der Waals surface area contributed by atoms with E-state index in [1.165, 1.54) is 22.2 Å². The van der Waals surface area contributed by atoms with E-state index >= 15 is 0 Å². The topological polar surface area (TPSA) is 97.7 Å². The lowest BCUT2D eigenvalue weighted by molar-refractivity contribution is 0.161. The second kappa shape index (κ2) is 7.46. The van der Waals surface area contributed by atoms with Gasteiger partial charge in [-0.25, -0.2) is 20.0 Å². The Labute approximate surface area is 156 Å². The normalized spacial score (nSPS) is 16.4. The number of para-hydroxylation sites is 1. The van der Waals surface area contributed by atoms with Gasteiger partial charge in [-0.15, -0.1) is 0 Å². The Bertz CT molecular complexity index is 914. The molecule has 0 radical (unpaired) electrons. The molecule has 3 rings (SSSR count). The Kier molecular flexibility index (Phi) is 5.09. The number of rotatable bonds is 3. The minimum atomic E-state index is -0.564. The molecular weight excluding hydrogens is 349 g/mol. The number of carbonyl (C=O) groups excluding carboxylic acids is 1. The Morgan fingerprint density at radius 2 is 2.04 bits per heavy atom. The number of pyridine rings is 1. The van der Waals surface area contributed by atoms with Crippen molar-refractivity contribution >= 4 is 11.9 Å². The molecule has 1 aromatic heterocycles. The number of anilines is 1. The predicted molar refractivity (Wildman–Crippen MR) is 99.7 cm³/mol. The van der Waals surface area contributed by atoms with Crippen LogP contribution in [0.2, 0.25) is 0 Å². The van der Waals surface area contributed by atoms with Crippen molar-refractivity contribution in [3.63, 3.8) is 0 Å². The monoisotopic (exact) mass is 369 g/mol. The van der Waals surface area contributed by atoms with Gasteiger partial charge in [0.1, 0.15) is 17.4 Å². The maximum absolute atomic E-state index is 13.4. The summed E-state index contributed by atoms with van der Waals surface area (Å²) in [6.45, 7) is 3.37. The van der Waals surface area contributed by atoms with Crippen molar-refractivity contribution in [2.45, 2.75) is 19.9 Å². The van der Waals surface area contributed by atoms with E-state index in [1.807, 2.05) is 6.07 Å². The van der Waals surface area contributed by atoms with Gasteiger partial charge in [-0.2, -0.15) is 0 Å². The van der Waals surface area contributed by atoms with Crippen LogP contribution in [0.5, 0.6) is 5.75 Å².